The van der Waals surface area contributed by atoms with Crippen molar-refractivity contribution in [2.45, 2.75) is 33.1 Å². The highest BCUT2D eigenvalue weighted by atomic mass is 14.8. The van der Waals surface area contributed by atoms with Crippen molar-refractivity contribution in [1.82, 2.24) is 9.97 Å². The molecule has 0 aliphatic carbocycles. The number of benzene rings is 2. The summed E-state index contributed by atoms with van der Waals surface area (Å²) in [5, 5.41) is 0. The van der Waals surface area contributed by atoms with E-state index in [9.17, 15) is 0 Å². The molecule has 4 aromatic rings. The minimum Gasteiger partial charge on any atom is -0.252 e. The minimum atomic E-state index is -0.304. The Bertz CT molecular complexity index is 1030. The van der Waals surface area contributed by atoms with Crippen LogP contribution in [-0.2, 0) is 5.41 Å². The lowest BCUT2D eigenvalue weighted by Gasteiger charge is -2.25. The summed E-state index contributed by atoms with van der Waals surface area (Å²) in [6.07, 6.45) is 0. The summed E-state index contributed by atoms with van der Waals surface area (Å²) < 4.78 is 0. The fourth-order valence-electron chi connectivity index (χ4n) is 3.47. The molecule has 0 saturated heterocycles. The van der Waals surface area contributed by atoms with Crippen LogP contribution in [0.1, 0.15) is 36.4 Å². The molecule has 144 valence electrons. The zero-order chi connectivity index (χ0) is 20.4. The number of aryl methyl sites for hydroxylation is 2. The van der Waals surface area contributed by atoms with Gasteiger partial charge < -0.3 is 0 Å². The molecule has 29 heavy (non-hydrogen) atoms. The van der Waals surface area contributed by atoms with Crippen LogP contribution in [0.2, 0.25) is 0 Å². The van der Waals surface area contributed by atoms with Gasteiger partial charge in [0.2, 0.25) is 0 Å². The SMILES string of the molecule is Cc1ccc(-c2cccc(C(C)(C)c3cccc(-c4ccc(C)cc4)n3)n2)cc1. The molecule has 0 spiro atoms. The van der Waals surface area contributed by atoms with Crippen LogP contribution in [0.3, 0.4) is 0 Å². The van der Waals surface area contributed by atoms with Crippen molar-refractivity contribution >= 4 is 0 Å². The quantitative estimate of drug-likeness (QED) is 0.392. The van der Waals surface area contributed by atoms with Crippen LogP contribution in [-0.4, -0.2) is 9.97 Å². The van der Waals surface area contributed by atoms with Gasteiger partial charge >= 0.3 is 0 Å². The third-order valence-electron chi connectivity index (χ3n) is 5.47. The summed E-state index contributed by atoms with van der Waals surface area (Å²) in [5.74, 6) is 0. The summed E-state index contributed by atoms with van der Waals surface area (Å²) in [4.78, 5) is 9.99. The molecule has 0 amide bonds. The number of hydrogen-bond donors (Lipinski definition) is 0. The summed E-state index contributed by atoms with van der Waals surface area (Å²) in [7, 11) is 0. The van der Waals surface area contributed by atoms with Crippen LogP contribution < -0.4 is 0 Å². The van der Waals surface area contributed by atoms with E-state index in [0.29, 0.717) is 0 Å². The third-order valence-corrected chi connectivity index (χ3v) is 5.47. The first-order chi connectivity index (χ1) is 13.9. The van der Waals surface area contributed by atoms with E-state index in [1.165, 1.54) is 11.1 Å². The molecule has 0 aliphatic heterocycles. The average molecular weight is 379 g/mol. The van der Waals surface area contributed by atoms with Crippen molar-refractivity contribution in [2.24, 2.45) is 0 Å². The average Bonchev–Trinajstić information content (AvgIpc) is 2.75. The monoisotopic (exact) mass is 378 g/mol. The predicted molar refractivity (Wildman–Crippen MR) is 121 cm³/mol. The van der Waals surface area contributed by atoms with Crippen molar-refractivity contribution in [3.8, 4) is 22.5 Å². The van der Waals surface area contributed by atoms with Gasteiger partial charge in [0.15, 0.2) is 0 Å². The van der Waals surface area contributed by atoms with E-state index in [0.717, 1.165) is 33.9 Å². The van der Waals surface area contributed by atoms with Crippen molar-refractivity contribution in [1.29, 1.82) is 0 Å². The van der Waals surface area contributed by atoms with Gasteiger partial charge in [0, 0.05) is 16.5 Å². The molecule has 0 radical (unpaired) electrons. The van der Waals surface area contributed by atoms with E-state index in [-0.39, 0.29) is 5.41 Å². The van der Waals surface area contributed by atoms with Crippen LogP contribution in [0.25, 0.3) is 22.5 Å². The van der Waals surface area contributed by atoms with E-state index in [2.05, 4.69) is 113 Å². The van der Waals surface area contributed by atoms with E-state index in [1.54, 1.807) is 0 Å². The normalized spacial score (nSPS) is 11.4. The van der Waals surface area contributed by atoms with E-state index in [1.807, 2.05) is 0 Å². The fourth-order valence-corrected chi connectivity index (χ4v) is 3.47. The van der Waals surface area contributed by atoms with Crippen LogP contribution in [0.5, 0.6) is 0 Å². The zero-order valence-corrected chi connectivity index (χ0v) is 17.5. The lowest BCUT2D eigenvalue weighted by Crippen LogP contribution is -2.22. The van der Waals surface area contributed by atoms with Crippen molar-refractivity contribution in [3.63, 3.8) is 0 Å². The zero-order valence-electron chi connectivity index (χ0n) is 17.5. The molecule has 2 nitrogen and oxygen atoms in total. The number of pyridine rings is 2. The number of hydrogen-bond acceptors (Lipinski definition) is 2. The van der Waals surface area contributed by atoms with Crippen LogP contribution in [0.4, 0.5) is 0 Å². The largest absolute Gasteiger partial charge is 0.252 e. The predicted octanol–water partition coefficient (Wildman–Crippen LogP) is 6.75. The van der Waals surface area contributed by atoms with Gasteiger partial charge in [-0.25, -0.2) is 0 Å². The Hall–Kier alpha value is -3.26. The molecule has 0 aliphatic rings. The Morgan fingerprint density at radius 1 is 0.517 bits per heavy atom. The maximum atomic E-state index is 4.99. The van der Waals surface area contributed by atoms with Crippen LogP contribution in [0, 0.1) is 13.8 Å². The van der Waals surface area contributed by atoms with Gasteiger partial charge in [-0.3, -0.25) is 9.97 Å². The highest BCUT2D eigenvalue weighted by molar-refractivity contribution is 5.61. The highest BCUT2D eigenvalue weighted by Gasteiger charge is 2.27. The molecule has 2 aromatic heterocycles. The third kappa shape index (κ3) is 3.97. The van der Waals surface area contributed by atoms with Gasteiger partial charge in [0.25, 0.3) is 0 Å². The van der Waals surface area contributed by atoms with Gasteiger partial charge in [-0.05, 0) is 52.0 Å². The van der Waals surface area contributed by atoms with E-state index < -0.39 is 0 Å². The van der Waals surface area contributed by atoms with Crippen LogP contribution >= 0.6 is 0 Å². The Morgan fingerprint density at radius 2 is 0.897 bits per heavy atom. The van der Waals surface area contributed by atoms with Crippen molar-refractivity contribution < 1.29 is 0 Å². The lowest BCUT2D eigenvalue weighted by molar-refractivity contribution is 0.597. The Morgan fingerprint density at radius 3 is 1.28 bits per heavy atom. The molecular weight excluding hydrogens is 352 g/mol. The maximum Gasteiger partial charge on any atom is 0.0705 e. The summed E-state index contributed by atoms with van der Waals surface area (Å²) >= 11 is 0. The Kier molecular flexibility index (Phi) is 5.02. The molecule has 2 aromatic carbocycles. The number of aromatic nitrogens is 2. The first-order valence-electron chi connectivity index (χ1n) is 10.0. The summed E-state index contributed by atoms with van der Waals surface area (Å²) in [6, 6.07) is 29.5. The van der Waals surface area contributed by atoms with Gasteiger partial charge in [-0.1, -0.05) is 71.8 Å². The topological polar surface area (TPSA) is 25.8 Å². The molecule has 0 unspecified atom stereocenters. The van der Waals surface area contributed by atoms with Crippen LogP contribution in [0.15, 0.2) is 84.9 Å². The molecular formula is C27H26N2. The van der Waals surface area contributed by atoms with E-state index in [4.69, 9.17) is 9.97 Å². The Labute approximate surface area is 173 Å². The second-order valence-corrected chi connectivity index (χ2v) is 8.17. The first-order valence-corrected chi connectivity index (χ1v) is 10.0. The number of rotatable bonds is 4. The number of nitrogens with zero attached hydrogens (tertiary/aromatic N) is 2. The first kappa shape index (κ1) is 19.1. The second kappa shape index (κ2) is 7.63. The lowest BCUT2D eigenvalue weighted by atomic mass is 9.84. The Balaban J connectivity index is 1.72. The van der Waals surface area contributed by atoms with Crippen molar-refractivity contribution in [2.75, 3.05) is 0 Å². The molecule has 2 heterocycles. The van der Waals surface area contributed by atoms with Crippen molar-refractivity contribution in [3.05, 3.63) is 107 Å². The highest BCUT2D eigenvalue weighted by Crippen LogP contribution is 2.32. The van der Waals surface area contributed by atoms with Gasteiger partial charge in [0.05, 0.1) is 22.8 Å². The molecule has 2 heteroatoms. The second-order valence-electron chi connectivity index (χ2n) is 8.17. The standard InChI is InChI=1S/C27H26N2/c1-19-11-15-21(16-12-19)23-7-5-9-25(28-23)27(3,4)26-10-6-8-24(29-26)22-17-13-20(2)14-18-22/h5-18H,1-4H3. The smallest absolute Gasteiger partial charge is 0.0705 e. The molecule has 4 rings (SSSR count). The molecule has 0 N–H and O–H groups in total. The maximum absolute atomic E-state index is 4.99. The fraction of sp³-hybridized carbons (Fsp3) is 0.185. The van der Waals surface area contributed by atoms with Gasteiger partial charge in [-0.2, -0.15) is 0 Å². The molecule has 0 bridgehead atoms. The van der Waals surface area contributed by atoms with E-state index >= 15 is 0 Å². The van der Waals surface area contributed by atoms with Gasteiger partial charge in [-0.15, -0.1) is 0 Å². The molecule has 0 atom stereocenters. The minimum absolute atomic E-state index is 0.304. The molecule has 0 saturated carbocycles. The summed E-state index contributed by atoms with van der Waals surface area (Å²) in [5.41, 5.74) is 8.49. The van der Waals surface area contributed by atoms with Gasteiger partial charge in [0.1, 0.15) is 0 Å². The molecule has 0 fully saturated rings. The summed E-state index contributed by atoms with van der Waals surface area (Å²) in [6.45, 7) is 8.58.